The van der Waals surface area contributed by atoms with Gasteiger partial charge in [-0.15, -0.1) is 0 Å². The molecule has 2 aromatic rings. The van der Waals surface area contributed by atoms with Crippen molar-refractivity contribution in [2.75, 3.05) is 0 Å². The summed E-state index contributed by atoms with van der Waals surface area (Å²) in [5.41, 5.74) is 0.864. The normalized spacial score (nSPS) is 10.8. The number of halogens is 2. The number of aromatic amines is 1. The number of H-pyrrole nitrogens is 1. The molecule has 1 N–H and O–H groups in total. The van der Waals surface area contributed by atoms with E-state index in [4.69, 9.17) is 35.4 Å². The molecule has 1 heterocycles. The first-order valence-corrected chi connectivity index (χ1v) is 6.40. The van der Waals surface area contributed by atoms with Crippen molar-refractivity contribution in [2.24, 2.45) is 0 Å². The Morgan fingerprint density at radius 3 is 2.53 bits per heavy atom. The second-order valence-electron chi connectivity index (χ2n) is 3.66. The van der Waals surface area contributed by atoms with Crippen LogP contribution in [-0.2, 0) is 6.54 Å². The number of aromatic nitrogens is 3. The molecule has 0 unspecified atom stereocenters. The molecule has 0 radical (unpaired) electrons. The number of hydrogen-bond donors (Lipinski definition) is 1. The molecule has 1 aromatic heterocycles. The van der Waals surface area contributed by atoms with Gasteiger partial charge in [0.15, 0.2) is 10.6 Å². The highest BCUT2D eigenvalue weighted by molar-refractivity contribution is 7.71. The van der Waals surface area contributed by atoms with Crippen LogP contribution in [-0.4, -0.2) is 14.8 Å². The van der Waals surface area contributed by atoms with Gasteiger partial charge >= 0.3 is 0 Å². The Balaban J connectivity index is 2.56. The van der Waals surface area contributed by atoms with E-state index in [0.29, 0.717) is 14.8 Å². The van der Waals surface area contributed by atoms with Crippen molar-refractivity contribution in [3.63, 3.8) is 0 Å². The summed E-state index contributed by atoms with van der Waals surface area (Å²) >= 11 is 17.1. The lowest BCUT2D eigenvalue weighted by Gasteiger charge is -2.05. The van der Waals surface area contributed by atoms with Gasteiger partial charge in [-0.25, -0.2) is 0 Å². The lowest BCUT2D eigenvalue weighted by molar-refractivity contribution is 0.675. The van der Waals surface area contributed by atoms with Gasteiger partial charge in [0.25, 0.3) is 0 Å². The van der Waals surface area contributed by atoms with E-state index < -0.39 is 0 Å². The standard InChI is InChI=1S/C11H11Cl2N3S/c1-2-3-16-10(14-15-11(16)17)7-4-8(12)6-9(13)5-7/h4-6H,2-3H2,1H3,(H,15,17). The molecule has 0 amide bonds. The zero-order valence-corrected chi connectivity index (χ0v) is 11.5. The number of nitrogens with one attached hydrogen (secondary N) is 1. The smallest absolute Gasteiger partial charge is 0.195 e. The molecular weight excluding hydrogens is 277 g/mol. The predicted octanol–water partition coefficient (Wildman–Crippen LogP) is 4.32. The summed E-state index contributed by atoms with van der Waals surface area (Å²) in [6.45, 7) is 2.90. The molecule has 1 aromatic carbocycles. The Labute approximate surface area is 114 Å². The average Bonchev–Trinajstić information content (AvgIpc) is 2.60. The van der Waals surface area contributed by atoms with Crippen molar-refractivity contribution in [1.29, 1.82) is 0 Å². The van der Waals surface area contributed by atoms with Crippen LogP contribution in [0.2, 0.25) is 10.0 Å². The molecule has 2 rings (SSSR count). The molecule has 90 valence electrons. The molecule has 6 heteroatoms. The Morgan fingerprint density at radius 2 is 1.94 bits per heavy atom. The summed E-state index contributed by atoms with van der Waals surface area (Å²) in [5, 5.41) is 8.18. The minimum atomic E-state index is 0.587. The lowest BCUT2D eigenvalue weighted by atomic mass is 10.2. The highest BCUT2D eigenvalue weighted by atomic mass is 35.5. The fourth-order valence-corrected chi connectivity index (χ4v) is 2.40. The molecule has 0 saturated heterocycles. The molecule has 0 aliphatic carbocycles. The molecule has 3 nitrogen and oxygen atoms in total. The third-order valence-electron chi connectivity index (χ3n) is 2.33. The molecule has 0 aliphatic heterocycles. The molecule has 0 bridgehead atoms. The van der Waals surface area contributed by atoms with Crippen LogP contribution in [0.25, 0.3) is 11.4 Å². The highest BCUT2D eigenvalue weighted by Gasteiger charge is 2.09. The van der Waals surface area contributed by atoms with Gasteiger partial charge in [0.2, 0.25) is 0 Å². The summed E-state index contributed by atoms with van der Waals surface area (Å²) in [4.78, 5) is 0. The molecule has 0 saturated carbocycles. The van der Waals surface area contributed by atoms with Crippen LogP contribution >= 0.6 is 35.4 Å². The van der Waals surface area contributed by atoms with Crippen LogP contribution < -0.4 is 0 Å². The van der Waals surface area contributed by atoms with Gasteiger partial charge in [-0.2, -0.15) is 5.10 Å². The number of hydrogen-bond acceptors (Lipinski definition) is 2. The minimum absolute atomic E-state index is 0.587. The zero-order valence-electron chi connectivity index (χ0n) is 9.20. The Kier molecular flexibility index (Phi) is 3.86. The molecule has 0 fully saturated rings. The first-order chi connectivity index (χ1) is 8.11. The fraction of sp³-hybridized carbons (Fsp3) is 0.273. The minimum Gasteiger partial charge on any atom is -0.300 e. The van der Waals surface area contributed by atoms with E-state index in [1.54, 1.807) is 6.07 Å². The Bertz CT molecular complexity index is 568. The van der Waals surface area contributed by atoms with Crippen molar-refractivity contribution < 1.29 is 0 Å². The van der Waals surface area contributed by atoms with Gasteiger partial charge in [0, 0.05) is 22.2 Å². The zero-order chi connectivity index (χ0) is 12.4. The van der Waals surface area contributed by atoms with E-state index >= 15 is 0 Å². The number of nitrogens with zero attached hydrogens (tertiary/aromatic N) is 2. The van der Waals surface area contributed by atoms with Gasteiger partial charge in [-0.3, -0.25) is 5.10 Å². The van der Waals surface area contributed by atoms with E-state index in [-0.39, 0.29) is 0 Å². The average molecular weight is 288 g/mol. The van der Waals surface area contributed by atoms with Gasteiger partial charge in [-0.1, -0.05) is 30.1 Å². The molecule has 17 heavy (non-hydrogen) atoms. The summed E-state index contributed by atoms with van der Waals surface area (Å²) in [7, 11) is 0. The number of rotatable bonds is 3. The molecule has 0 atom stereocenters. The van der Waals surface area contributed by atoms with Gasteiger partial charge in [0.05, 0.1) is 0 Å². The SMILES string of the molecule is CCCn1c(-c2cc(Cl)cc(Cl)c2)n[nH]c1=S. The maximum Gasteiger partial charge on any atom is 0.195 e. The maximum atomic E-state index is 5.98. The summed E-state index contributed by atoms with van der Waals surface area (Å²) in [6, 6.07) is 5.34. The van der Waals surface area contributed by atoms with Crippen molar-refractivity contribution in [2.45, 2.75) is 19.9 Å². The third-order valence-corrected chi connectivity index (χ3v) is 3.07. The van der Waals surface area contributed by atoms with E-state index in [0.717, 1.165) is 24.4 Å². The summed E-state index contributed by atoms with van der Waals surface area (Å²) in [5.74, 6) is 0.765. The highest BCUT2D eigenvalue weighted by Crippen LogP contribution is 2.26. The predicted molar refractivity (Wildman–Crippen MR) is 73.2 cm³/mol. The first kappa shape index (κ1) is 12.6. The summed E-state index contributed by atoms with van der Waals surface area (Å²) < 4.78 is 2.55. The van der Waals surface area contributed by atoms with Crippen molar-refractivity contribution >= 4 is 35.4 Å². The van der Waals surface area contributed by atoms with Crippen LogP contribution in [0.3, 0.4) is 0 Å². The maximum absolute atomic E-state index is 5.98. The second kappa shape index (κ2) is 5.21. The molecule has 0 aliphatic rings. The first-order valence-electron chi connectivity index (χ1n) is 5.23. The molecule has 0 spiro atoms. The van der Waals surface area contributed by atoms with Gasteiger partial charge in [0.1, 0.15) is 0 Å². The summed E-state index contributed by atoms with van der Waals surface area (Å²) in [6.07, 6.45) is 0.981. The second-order valence-corrected chi connectivity index (χ2v) is 4.92. The fourth-order valence-electron chi connectivity index (χ4n) is 1.65. The van der Waals surface area contributed by atoms with Crippen molar-refractivity contribution in [3.8, 4) is 11.4 Å². The van der Waals surface area contributed by atoms with Crippen LogP contribution in [0.1, 0.15) is 13.3 Å². The quantitative estimate of drug-likeness (QED) is 0.853. The largest absolute Gasteiger partial charge is 0.300 e. The van der Waals surface area contributed by atoms with Gasteiger partial charge in [-0.05, 0) is 36.8 Å². The van der Waals surface area contributed by atoms with Gasteiger partial charge < -0.3 is 4.57 Å². The lowest BCUT2D eigenvalue weighted by Crippen LogP contribution is -1.99. The van der Waals surface area contributed by atoms with E-state index in [1.807, 2.05) is 16.7 Å². The van der Waals surface area contributed by atoms with Crippen molar-refractivity contribution in [3.05, 3.63) is 33.0 Å². The topological polar surface area (TPSA) is 33.6 Å². The van der Waals surface area contributed by atoms with E-state index in [2.05, 4.69) is 17.1 Å². The van der Waals surface area contributed by atoms with E-state index in [9.17, 15) is 0 Å². The van der Waals surface area contributed by atoms with Crippen LogP contribution in [0.15, 0.2) is 18.2 Å². The third kappa shape index (κ3) is 2.70. The Morgan fingerprint density at radius 1 is 1.29 bits per heavy atom. The van der Waals surface area contributed by atoms with Crippen LogP contribution in [0.5, 0.6) is 0 Å². The number of benzene rings is 1. The Hall–Kier alpha value is -0.840. The molecular formula is C11H11Cl2N3S. The van der Waals surface area contributed by atoms with E-state index in [1.165, 1.54) is 0 Å². The van der Waals surface area contributed by atoms with Crippen LogP contribution in [0.4, 0.5) is 0 Å². The van der Waals surface area contributed by atoms with Crippen LogP contribution in [0, 0.1) is 4.77 Å². The van der Waals surface area contributed by atoms with Crippen molar-refractivity contribution in [1.82, 2.24) is 14.8 Å². The monoisotopic (exact) mass is 287 g/mol.